The van der Waals surface area contributed by atoms with Gasteiger partial charge in [0.2, 0.25) is 11.0 Å². The van der Waals surface area contributed by atoms with Crippen molar-refractivity contribution in [3.8, 4) is 10.6 Å². The summed E-state index contributed by atoms with van der Waals surface area (Å²) >= 11 is 7.35. The zero-order valence-electron chi connectivity index (χ0n) is 10.3. The largest absolute Gasteiger partial charge is 0.327 e. The molecular formula is C12H13ClN4OS. The Bertz CT molecular complexity index is 585. The van der Waals surface area contributed by atoms with Crippen molar-refractivity contribution in [3.63, 3.8) is 0 Å². The fraction of sp³-hybridized carbons (Fsp3) is 0.250. The Hall–Kier alpha value is -1.50. The number of carbonyl (C=O) groups excluding carboxylic acids is 1. The summed E-state index contributed by atoms with van der Waals surface area (Å²) in [7, 11) is 0. The summed E-state index contributed by atoms with van der Waals surface area (Å²) in [6, 6.07) is 7.18. The van der Waals surface area contributed by atoms with Crippen LogP contribution in [0.3, 0.4) is 0 Å². The number of nitrogens with two attached hydrogens (primary N) is 1. The lowest BCUT2D eigenvalue weighted by atomic mass is 10.2. The van der Waals surface area contributed by atoms with Crippen LogP contribution in [0, 0.1) is 0 Å². The number of nitrogens with one attached hydrogen (secondary N) is 1. The summed E-state index contributed by atoms with van der Waals surface area (Å²) in [5.41, 5.74) is 6.35. The van der Waals surface area contributed by atoms with Gasteiger partial charge in [0, 0.05) is 18.0 Å². The third-order valence-electron chi connectivity index (χ3n) is 2.28. The van der Waals surface area contributed by atoms with E-state index < -0.39 is 0 Å². The molecule has 7 heteroatoms. The van der Waals surface area contributed by atoms with Crippen LogP contribution in [0.1, 0.15) is 13.3 Å². The number of aromatic nitrogens is 2. The highest BCUT2D eigenvalue weighted by molar-refractivity contribution is 7.18. The minimum Gasteiger partial charge on any atom is -0.327 e. The van der Waals surface area contributed by atoms with Crippen LogP contribution in [0.2, 0.25) is 5.02 Å². The second kappa shape index (κ2) is 6.10. The average molecular weight is 297 g/mol. The van der Waals surface area contributed by atoms with Crippen LogP contribution < -0.4 is 11.1 Å². The summed E-state index contributed by atoms with van der Waals surface area (Å²) in [5.74, 6) is -0.170. The van der Waals surface area contributed by atoms with E-state index in [9.17, 15) is 4.79 Å². The number of amides is 1. The Morgan fingerprint density at radius 3 is 2.89 bits per heavy atom. The number of hydrogen-bond acceptors (Lipinski definition) is 5. The Balaban J connectivity index is 2.12. The van der Waals surface area contributed by atoms with Crippen molar-refractivity contribution in [2.75, 3.05) is 5.32 Å². The Kier molecular flexibility index (Phi) is 4.47. The molecule has 5 nitrogen and oxygen atoms in total. The lowest BCUT2D eigenvalue weighted by Gasteiger charge is -2.03. The molecule has 1 heterocycles. The van der Waals surface area contributed by atoms with Crippen LogP contribution in [-0.2, 0) is 4.79 Å². The molecule has 1 atom stereocenters. The first kappa shape index (κ1) is 13.9. The van der Waals surface area contributed by atoms with Crippen molar-refractivity contribution in [3.05, 3.63) is 29.3 Å². The molecule has 0 fully saturated rings. The van der Waals surface area contributed by atoms with E-state index in [-0.39, 0.29) is 18.4 Å². The van der Waals surface area contributed by atoms with E-state index in [0.717, 1.165) is 5.56 Å². The SMILES string of the molecule is CC(N)CC(=O)Nc1nnc(-c2ccccc2Cl)s1. The second-order valence-corrected chi connectivity index (χ2v) is 5.51. The van der Waals surface area contributed by atoms with Gasteiger partial charge in [-0.2, -0.15) is 0 Å². The Morgan fingerprint density at radius 1 is 1.47 bits per heavy atom. The molecule has 1 unspecified atom stereocenters. The number of hydrogen-bond donors (Lipinski definition) is 2. The zero-order chi connectivity index (χ0) is 13.8. The van der Waals surface area contributed by atoms with E-state index >= 15 is 0 Å². The third-order valence-corrected chi connectivity index (χ3v) is 3.48. The molecule has 1 aromatic heterocycles. The molecule has 1 amide bonds. The van der Waals surface area contributed by atoms with Gasteiger partial charge in [0.15, 0.2) is 5.01 Å². The van der Waals surface area contributed by atoms with Crippen LogP contribution in [0.5, 0.6) is 0 Å². The van der Waals surface area contributed by atoms with Crippen LogP contribution in [0.15, 0.2) is 24.3 Å². The summed E-state index contributed by atoms with van der Waals surface area (Å²) in [6.07, 6.45) is 0.251. The minimum absolute atomic E-state index is 0.170. The quantitative estimate of drug-likeness (QED) is 0.908. The van der Waals surface area contributed by atoms with E-state index in [1.165, 1.54) is 11.3 Å². The highest BCUT2D eigenvalue weighted by Gasteiger charge is 2.12. The van der Waals surface area contributed by atoms with E-state index in [4.69, 9.17) is 17.3 Å². The van der Waals surface area contributed by atoms with E-state index in [2.05, 4.69) is 15.5 Å². The molecule has 0 aliphatic heterocycles. The van der Waals surface area contributed by atoms with Gasteiger partial charge in [0.1, 0.15) is 0 Å². The maximum Gasteiger partial charge on any atom is 0.227 e. The van der Waals surface area contributed by atoms with E-state index in [1.807, 2.05) is 18.2 Å². The van der Waals surface area contributed by atoms with Gasteiger partial charge in [-0.25, -0.2) is 0 Å². The van der Waals surface area contributed by atoms with Crippen molar-refractivity contribution in [2.45, 2.75) is 19.4 Å². The molecule has 0 radical (unpaired) electrons. The molecule has 2 rings (SSSR count). The van der Waals surface area contributed by atoms with Crippen molar-refractivity contribution in [1.82, 2.24) is 10.2 Å². The van der Waals surface area contributed by atoms with Crippen LogP contribution in [-0.4, -0.2) is 22.1 Å². The molecule has 3 N–H and O–H groups in total. The van der Waals surface area contributed by atoms with Gasteiger partial charge < -0.3 is 11.1 Å². The average Bonchev–Trinajstić information content (AvgIpc) is 2.76. The number of nitrogens with zero attached hydrogens (tertiary/aromatic N) is 2. The van der Waals surface area contributed by atoms with Gasteiger partial charge in [0.25, 0.3) is 0 Å². The van der Waals surface area contributed by atoms with Crippen molar-refractivity contribution in [2.24, 2.45) is 5.73 Å². The number of halogens is 1. The lowest BCUT2D eigenvalue weighted by Crippen LogP contribution is -2.23. The fourth-order valence-corrected chi connectivity index (χ4v) is 2.56. The first-order valence-corrected chi connectivity index (χ1v) is 6.89. The van der Waals surface area contributed by atoms with Gasteiger partial charge in [-0.05, 0) is 13.0 Å². The predicted octanol–water partition coefficient (Wildman–Crippen LogP) is 2.53. The predicted molar refractivity (Wildman–Crippen MR) is 77.3 cm³/mol. The lowest BCUT2D eigenvalue weighted by molar-refractivity contribution is -0.116. The summed E-state index contributed by atoms with van der Waals surface area (Å²) in [4.78, 5) is 11.6. The van der Waals surface area contributed by atoms with Gasteiger partial charge >= 0.3 is 0 Å². The third kappa shape index (κ3) is 3.73. The molecule has 0 bridgehead atoms. The molecule has 0 saturated heterocycles. The molecule has 0 spiro atoms. The molecule has 2 aromatic rings. The first-order chi connectivity index (χ1) is 9.06. The number of benzene rings is 1. The number of carbonyl (C=O) groups is 1. The number of rotatable bonds is 4. The minimum atomic E-state index is -0.184. The Labute approximate surface area is 119 Å². The van der Waals surface area contributed by atoms with Crippen molar-refractivity contribution in [1.29, 1.82) is 0 Å². The van der Waals surface area contributed by atoms with Crippen LogP contribution in [0.25, 0.3) is 10.6 Å². The number of anilines is 1. The maximum absolute atomic E-state index is 11.6. The molecule has 1 aromatic carbocycles. The summed E-state index contributed by atoms with van der Waals surface area (Å²) in [6.45, 7) is 1.77. The van der Waals surface area contributed by atoms with E-state index in [1.54, 1.807) is 13.0 Å². The fourth-order valence-electron chi connectivity index (χ4n) is 1.48. The van der Waals surface area contributed by atoms with Crippen LogP contribution in [0.4, 0.5) is 5.13 Å². The highest BCUT2D eigenvalue weighted by Crippen LogP contribution is 2.31. The van der Waals surface area contributed by atoms with E-state index in [0.29, 0.717) is 15.2 Å². The van der Waals surface area contributed by atoms with Crippen LogP contribution >= 0.6 is 22.9 Å². The van der Waals surface area contributed by atoms with Gasteiger partial charge in [0.05, 0.1) is 5.02 Å². The first-order valence-electron chi connectivity index (χ1n) is 5.70. The normalized spacial score (nSPS) is 12.2. The zero-order valence-corrected chi connectivity index (χ0v) is 11.8. The molecule has 100 valence electrons. The maximum atomic E-state index is 11.6. The summed E-state index contributed by atoms with van der Waals surface area (Å²) in [5, 5.41) is 12.3. The molecular weight excluding hydrogens is 284 g/mol. The second-order valence-electron chi connectivity index (χ2n) is 4.12. The monoisotopic (exact) mass is 296 g/mol. The summed E-state index contributed by atoms with van der Waals surface area (Å²) < 4.78 is 0. The highest BCUT2D eigenvalue weighted by atomic mass is 35.5. The molecule has 0 aliphatic rings. The molecule has 0 aliphatic carbocycles. The molecule has 19 heavy (non-hydrogen) atoms. The topological polar surface area (TPSA) is 80.9 Å². The van der Waals surface area contributed by atoms with Crippen molar-refractivity contribution < 1.29 is 4.79 Å². The van der Waals surface area contributed by atoms with Gasteiger partial charge in [-0.15, -0.1) is 10.2 Å². The molecule has 0 saturated carbocycles. The smallest absolute Gasteiger partial charge is 0.227 e. The standard InChI is InChI=1S/C12H13ClN4OS/c1-7(14)6-10(18)15-12-17-16-11(19-12)8-4-2-3-5-9(8)13/h2-5,7H,6,14H2,1H3,(H,15,17,18). The van der Waals surface area contributed by atoms with Crippen molar-refractivity contribution >= 4 is 34.0 Å². The van der Waals surface area contributed by atoms with Gasteiger partial charge in [-0.1, -0.05) is 41.1 Å². The van der Waals surface area contributed by atoms with Gasteiger partial charge in [-0.3, -0.25) is 4.79 Å². The Morgan fingerprint density at radius 2 is 2.21 bits per heavy atom.